The number of benzene rings is 2. The molecule has 1 amide bonds. The molecule has 124 valence electrons. The third kappa shape index (κ3) is 4.58. The molecule has 0 spiro atoms. The number of fused-ring (bicyclic) bond motifs is 1. The molecule has 2 aromatic rings. The van der Waals surface area contributed by atoms with Gasteiger partial charge in [-0.25, -0.2) is 0 Å². The molecule has 2 aromatic carbocycles. The number of rotatable bonds is 5. The Bertz CT molecular complexity index is 639. The Morgan fingerprint density at radius 3 is 2.91 bits per heavy atom. The van der Waals surface area contributed by atoms with Crippen LogP contribution in [0.5, 0.6) is 5.75 Å². The largest absolute Gasteiger partial charge is 0.491 e. The molecular formula is C17H21ClN2O3. The summed E-state index contributed by atoms with van der Waals surface area (Å²) in [5.74, 6) is 0.799. The van der Waals surface area contributed by atoms with E-state index in [2.05, 4.69) is 22.8 Å². The predicted molar refractivity (Wildman–Crippen MR) is 92.3 cm³/mol. The molecule has 0 aromatic heterocycles. The highest BCUT2D eigenvalue weighted by Crippen LogP contribution is 2.24. The van der Waals surface area contributed by atoms with Crippen molar-refractivity contribution < 1.29 is 14.3 Å². The minimum atomic E-state index is -0.258. The summed E-state index contributed by atoms with van der Waals surface area (Å²) in [7, 11) is 0. The topological polar surface area (TPSA) is 59.6 Å². The van der Waals surface area contributed by atoms with Crippen LogP contribution in [0, 0.1) is 0 Å². The second-order valence-corrected chi connectivity index (χ2v) is 5.20. The molecule has 3 rings (SSSR count). The van der Waals surface area contributed by atoms with Gasteiger partial charge in [0.05, 0.1) is 19.8 Å². The lowest BCUT2D eigenvalue weighted by atomic mass is 10.1. The molecule has 6 heteroatoms. The quantitative estimate of drug-likeness (QED) is 0.817. The van der Waals surface area contributed by atoms with E-state index >= 15 is 0 Å². The molecule has 23 heavy (non-hydrogen) atoms. The molecule has 1 saturated heterocycles. The summed E-state index contributed by atoms with van der Waals surface area (Å²) in [4.78, 5) is 11.9. The van der Waals surface area contributed by atoms with Crippen molar-refractivity contribution in [2.45, 2.75) is 6.04 Å². The number of hydrogen-bond acceptors (Lipinski definition) is 4. The van der Waals surface area contributed by atoms with Crippen LogP contribution in [-0.4, -0.2) is 44.9 Å². The summed E-state index contributed by atoms with van der Waals surface area (Å²) in [5, 5.41) is 8.22. The number of nitrogens with one attached hydrogen (secondary N) is 2. The van der Waals surface area contributed by atoms with Crippen LogP contribution < -0.4 is 15.4 Å². The van der Waals surface area contributed by atoms with Gasteiger partial charge in [0.2, 0.25) is 5.91 Å². The van der Waals surface area contributed by atoms with E-state index in [1.807, 2.05) is 30.3 Å². The van der Waals surface area contributed by atoms with Gasteiger partial charge in [-0.1, -0.05) is 36.4 Å². The molecule has 0 radical (unpaired) electrons. The zero-order valence-electron chi connectivity index (χ0n) is 12.8. The summed E-state index contributed by atoms with van der Waals surface area (Å²) in [6, 6.07) is 13.8. The van der Waals surface area contributed by atoms with Gasteiger partial charge in [-0.2, -0.15) is 0 Å². The van der Waals surface area contributed by atoms with Crippen molar-refractivity contribution in [3.8, 4) is 5.75 Å². The van der Waals surface area contributed by atoms with Gasteiger partial charge >= 0.3 is 0 Å². The summed E-state index contributed by atoms with van der Waals surface area (Å²) >= 11 is 0. The van der Waals surface area contributed by atoms with E-state index in [4.69, 9.17) is 9.47 Å². The monoisotopic (exact) mass is 336 g/mol. The van der Waals surface area contributed by atoms with Gasteiger partial charge in [0.15, 0.2) is 0 Å². The third-order valence-corrected chi connectivity index (χ3v) is 3.65. The van der Waals surface area contributed by atoms with Crippen molar-refractivity contribution in [1.82, 2.24) is 10.6 Å². The van der Waals surface area contributed by atoms with E-state index < -0.39 is 0 Å². The van der Waals surface area contributed by atoms with Crippen LogP contribution >= 0.6 is 12.4 Å². The maximum absolute atomic E-state index is 11.9. The molecular weight excluding hydrogens is 316 g/mol. The molecule has 1 aliphatic heterocycles. The molecule has 1 atom stereocenters. The fraction of sp³-hybridized carbons (Fsp3) is 0.353. The van der Waals surface area contributed by atoms with Crippen LogP contribution in [0.25, 0.3) is 10.8 Å². The summed E-state index contributed by atoms with van der Waals surface area (Å²) < 4.78 is 11.1. The van der Waals surface area contributed by atoms with Gasteiger partial charge in [-0.05, 0) is 11.5 Å². The Hall–Kier alpha value is -1.82. The highest BCUT2D eigenvalue weighted by molar-refractivity contribution is 5.88. The lowest BCUT2D eigenvalue weighted by Gasteiger charge is -2.22. The first-order chi connectivity index (χ1) is 10.8. The van der Waals surface area contributed by atoms with Crippen molar-refractivity contribution >= 4 is 29.1 Å². The number of carbonyl (C=O) groups is 1. The molecule has 0 saturated carbocycles. The van der Waals surface area contributed by atoms with Crippen molar-refractivity contribution in [1.29, 1.82) is 0 Å². The maximum atomic E-state index is 11.9. The Morgan fingerprint density at radius 1 is 1.26 bits per heavy atom. The van der Waals surface area contributed by atoms with Crippen LogP contribution in [0.4, 0.5) is 0 Å². The van der Waals surface area contributed by atoms with E-state index in [-0.39, 0.29) is 24.4 Å². The van der Waals surface area contributed by atoms with Crippen LogP contribution in [0.3, 0.4) is 0 Å². The molecule has 1 unspecified atom stereocenters. The normalized spacial score (nSPS) is 17.3. The zero-order chi connectivity index (χ0) is 15.2. The lowest BCUT2D eigenvalue weighted by Crippen LogP contribution is -2.51. The molecule has 0 aliphatic carbocycles. The molecule has 1 aliphatic rings. The number of amides is 1. The van der Waals surface area contributed by atoms with Gasteiger partial charge < -0.3 is 20.1 Å². The van der Waals surface area contributed by atoms with Crippen LogP contribution in [0.15, 0.2) is 42.5 Å². The molecule has 0 bridgehead atoms. The molecule has 2 N–H and O–H groups in total. The van der Waals surface area contributed by atoms with Crippen molar-refractivity contribution in [3.63, 3.8) is 0 Å². The van der Waals surface area contributed by atoms with Crippen LogP contribution in [0.2, 0.25) is 0 Å². The molecule has 1 fully saturated rings. The maximum Gasteiger partial charge on any atom is 0.239 e. The van der Waals surface area contributed by atoms with Gasteiger partial charge in [0.25, 0.3) is 0 Å². The van der Waals surface area contributed by atoms with Gasteiger partial charge in [0.1, 0.15) is 18.4 Å². The fourth-order valence-electron chi connectivity index (χ4n) is 2.51. The number of morpholine rings is 1. The molecule has 1 heterocycles. The average molecular weight is 337 g/mol. The van der Waals surface area contributed by atoms with Crippen LogP contribution in [-0.2, 0) is 9.53 Å². The number of ether oxygens (including phenoxy) is 2. The van der Waals surface area contributed by atoms with E-state index in [9.17, 15) is 4.79 Å². The first-order valence-corrected chi connectivity index (χ1v) is 7.54. The van der Waals surface area contributed by atoms with Crippen LogP contribution in [0.1, 0.15) is 0 Å². The second kappa shape index (κ2) is 8.72. The third-order valence-electron chi connectivity index (χ3n) is 3.65. The second-order valence-electron chi connectivity index (χ2n) is 5.20. The van der Waals surface area contributed by atoms with E-state index in [1.54, 1.807) is 0 Å². The van der Waals surface area contributed by atoms with Gasteiger partial charge in [-0.3, -0.25) is 4.79 Å². The lowest BCUT2D eigenvalue weighted by molar-refractivity contribution is -0.126. The Labute approximate surface area is 141 Å². The van der Waals surface area contributed by atoms with Crippen molar-refractivity contribution in [2.75, 3.05) is 32.9 Å². The van der Waals surface area contributed by atoms with Gasteiger partial charge in [0, 0.05) is 11.9 Å². The first kappa shape index (κ1) is 17.5. The standard InChI is InChI=1S/C17H20N2O3.ClH/c20-17(15-12-21-10-8-18-15)19-9-11-22-16-7-3-5-13-4-1-2-6-14(13)16;/h1-7,15,18H,8-12H2,(H,19,20);1H. The van der Waals surface area contributed by atoms with E-state index in [0.29, 0.717) is 32.9 Å². The smallest absolute Gasteiger partial charge is 0.239 e. The Kier molecular flexibility index (Phi) is 6.65. The fourth-order valence-corrected chi connectivity index (χ4v) is 2.51. The number of hydrogen-bond donors (Lipinski definition) is 2. The van der Waals surface area contributed by atoms with Crippen molar-refractivity contribution in [2.24, 2.45) is 0 Å². The number of carbonyl (C=O) groups excluding carboxylic acids is 1. The Balaban J connectivity index is 0.00000192. The SMILES string of the molecule is Cl.O=C(NCCOc1cccc2ccccc12)C1COCCN1. The molecule has 5 nitrogen and oxygen atoms in total. The highest BCUT2D eigenvalue weighted by atomic mass is 35.5. The minimum absolute atomic E-state index is 0. The zero-order valence-corrected chi connectivity index (χ0v) is 13.6. The summed E-state index contributed by atoms with van der Waals surface area (Å²) in [6.45, 7) is 2.71. The van der Waals surface area contributed by atoms with Crippen molar-refractivity contribution in [3.05, 3.63) is 42.5 Å². The first-order valence-electron chi connectivity index (χ1n) is 7.54. The van der Waals surface area contributed by atoms with E-state index in [1.165, 1.54) is 0 Å². The minimum Gasteiger partial charge on any atom is -0.491 e. The van der Waals surface area contributed by atoms with Gasteiger partial charge in [-0.15, -0.1) is 12.4 Å². The Morgan fingerprint density at radius 2 is 2.09 bits per heavy atom. The average Bonchev–Trinajstić information content (AvgIpc) is 2.59. The highest BCUT2D eigenvalue weighted by Gasteiger charge is 2.20. The number of halogens is 1. The van der Waals surface area contributed by atoms with E-state index in [0.717, 1.165) is 16.5 Å². The summed E-state index contributed by atoms with van der Waals surface area (Å²) in [5.41, 5.74) is 0. The predicted octanol–water partition coefficient (Wildman–Crippen LogP) is 1.74. The summed E-state index contributed by atoms with van der Waals surface area (Å²) in [6.07, 6.45) is 0.